The van der Waals surface area contributed by atoms with Gasteiger partial charge in [0.05, 0.1) is 10.6 Å². The summed E-state index contributed by atoms with van der Waals surface area (Å²) in [5.74, 6) is -0.572. The largest absolute Gasteiger partial charge is 0.366 e. The van der Waals surface area contributed by atoms with Gasteiger partial charge in [-0.15, -0.1) is 11.3 Å². The third kappa shape index (κ3) is 4.00. The van der Waals surface area contributed by atoms with Gasteiger partial charge in [-0.05, 0) is 60.7 Å². The van der Waals surface area contributed by atoms with E-state index in [1.165, 1.54) is 17.4 Å². The van der Waals surface area contributed by atoms with Gasteiger partial charge in [-0.1, -0.05) is 18.2 Å². The first-order chi connectivity index (χ1) is 14.4. The standard InChI is InChI=1S/C24H23FN2O2S/c1-16-5-6-18(14-17(16)2)23(28)19-7-8-21(20(25)15-19)26-9-11-27(12-10-26)24(29)22-4-3-13-30-22/h3-8,13-15H,9-12H2,1-2H3. The summed E-state index contributed by atoms with van der Waals surface area (Å²) in [6.45, 7) is 6.14. The van der Waals surface area contributed by atoms with Gasteiger partial charge in [-0.2, -0.15) is 0 Å². The van der Waals surface area contributed by atoms with E-state index in [1.807, 2.05) is 48.4 Å². The number of carbonyl (C=O) groups excluding carboxylic acids is 2. The second-order valence-electron chi connectivity index (χ2n) is 7.55. The molecular formula is C24H23FN2O2S. The van der Waals surface area contributed by atoms with Crippen molar-refractivity contribution in [3.8, 4) is 0 Å². The van der Waals surface area contributed by atoms with E-state index in [0.717, 1.165) is 16.0 Å². The molecule has 1 amide bonds. The van der Waals surface area contributed by atoms with E-state index in [9.17, 15) is 14.0 Å². The molecule has 0 radical (unpaired) electrons. The third-order valence-electron chi connectivity index (χ3n) is 5.62. The lowest BCUT2D eigenvalue weighted by Crippen LogP contribution is -2.48. The van der Waals surface area contributed by atoms with Crippen molar-refractivity contribution in [2.24, 2.45) is 0 Å². The summed E-state index contributed by atoms with van der Waals surface area (Å²) in [6, 6.07) is 13.9. The molecule has 4 nitrogen and oxygen atoms in total. The molecule has 3 aromatic rings. The molecular weight excluding hydrogens is 399 g/mol. The third-order valence-corrected chi connectivity index (χ3v) is 6.48. The number of benzene rings is 2. The number of anilines is 1. The van der Waals surface area contributed by atoms with E-state index in [4.69, 9.17) is 0 Å². The summed E-state index contributed by atoms with van der Waals surface area (Å²) in [6.07, 6.45) is 0. The van der Waals surface area contributed by atoms with Crippen LogP contribution in [0.4, 0.5) is 10.1 Å². The fraction of sp³-hybridized carbons (Fsp3) is 0.250. The average Bonchev–Trinajstić information content (AvgIpc) is 3.30. The zero-order chi connectivity index (χ0) is 21.3. The lowest BCUT2D eigenvalue weighted by atomic mass is 9.99. The number of amides is 1. The zero-order valence-electron chi connectivity index (χ0n) is 17.0. The van der Waals surface area contributed by atoms with Crippen molar-refractivity contribution in [1.29, 1.82) is 0 Å². The molecule has 154 valence electrons. The van der Waals surface area contributed by atoms with Crippen LogP contribution in [0.1, 0.15) is 36.7 Å². The number of carbonyl (C=O) groups is 2. The van der Waals surface area contributed by atoms with Crippen molar-refractivity contribution in [2.75, 3.05) is 31.1 Å². The summed E-state index contributed by atoms with van der Waals surface area (Å²) in [5.41, 5.74) is 3.52. The number of halogens is 1. The number of ketones is 1. The Morgan fingerprint density at radius 3 is 2.23 bits per heavy atom. The van der Waals surface area contributed by atoms with E-state index in [2.05, 4.69) is 0 Å². The smallest absolute Gasteiger partial charge is 0.264 e. The quantitative estimate of drug-likeness (QED) is 0.573. The van der Waals surface area contributed by atoms with E-state index < -0.39 is 5.82 Å². The molecule has 0 unspecified atom stereocenters. The summed E-state index contributed by atoms with van der Waals surface area (Å²) < 4.78 is 14.9. The monoisotopic (exact) mass is 422 g/mol. The molecule has 0 bridgehead atoms. The fourth-order valence-electron chi connectivity index (χ4n) is 3.66. The molecule has 2 heterocycles. The molecule has 1 saturated heterocycles. The topological polar surface area (TPSA) is 40.6 Å². The molecule has 0 spiro atoms. The van der Waals surface area contributed by atoms with Gasteiger partial charge in [0.2, 0.25) is 0 Å². The number of piperazine rings is 1. The van der Waals surface area contributed by atoms with Crippen molar-refractivity contribution < 1.29 is 14.0 Å². The SMILES string of the molecule is Cc1ccc(C(=O)c2ccc(N3CCN(C(=O)c4cccs4)CC3)c(F)c2)cc1C. The highest BCUT2D eigenvalue weighted by molar-refractivity contribution is 7.12. The van der Waals surface area contributed by atoms with Crippen LogP contribution in [0.5, 0.6) is 0 Å². The van der Waals surface area contributed by atoms with Crippen LogP contribution in [0, 0.1) is 19.7 Å². The minimum atomic E-state index is -0.414. The average molecular weight is 423 g/mol. The minimum absolute atomic E-state index is 0.0273. The molecule has 0 aliphatic carbocycles. The normalized spacial score (nSPS) is 14.1. The summed E-state index contributed by atoms with van der Waals surface area (Å²) in [5, 5.41) is 1.89. The van der Waals surface area contributed by atoms with E-state index >= 15 is 0 Å². The molecule has 30 heavy (non-hydrogen) atoms. The Labute approximate surface area is 179 Å². The van der Waals surface area contributed by atoms with Crippen LogP contribution < -0.4 is 4.90 Å². The second kappa shape index (κ2) is 8.40. The van der Waals surface area contributed by atoms with Gasteiger partial charge >= 0.3 is 0 Å². The van der Waals surface area contributed by atoms with Crippen molar-refractivity contribution in [3.63, 3.8) is 0 Å². The number of rotatable bonds is 4. The zero-order valence-corrected chi connectivity index (χ0v) is 17.8. The molecule has 1 aliphatic heterocycles. The second-order valence-corrected chi connectivity index (χ2v) is 8.50. The maximum atomic E-state index is 14.9. The summed E-state index contributed by atoms with van der Waals surface area (Å²) in [7, 11) is 0. The van der Waals surface area contributed by atoms with Crippen LogP contribution in [-0.4, -0.2) is 42.8 Å². The lowest BCUT2D eigenvalue weighted by Gasteiger charge is -2.36. The van der Waals surface area contributed by atoms with Crippen LogP contribution >= 0.6 is 11.3 Å². The van der Waals surface area contributed by atoms with Gasteiger partial charge in [0.1, 0.15) is 5.82 Å². The maximum Gasteiger partial charge on any atom is 0.264 e. The first kappa shape index (κ1) is 20.3. The molecule has 2 aromatic carbocycles. The van der Waals surface area contributed by atoms with Crippen LogP contribution in [0.3, 0.4) is 0 Å². The molecule has 6 heteroatoms. The highest BCUT2D eigenvalue weighted by atomic mass is 32.1. The van der Waals surface area contributed by atoms with Crippen LogP contribution in [-0.2, 0) is 0 Å². The van der Waals surface area contributed by atoms with Gasteiger partial charge in [0, 0.05) is 37.3 Å². The van der Waals surface area contributed by atoms with Crippen molar-refractivity contribution in [2.45, 2.75) is 13.8 Å². The first-order valence-corrected chi connectivity index (χ1v) is 10.8. The molecule has 4 rings (SSSR count). The number of hydrogen-bond donors (Lipinski definition) is 0. The molecule has 1 aliphatic rings. The predicted octanol–water partition coefficient (Wildman–Crippen LogP) is 4.70. The molecule has 0 atom stereocenters. The van der Waals surface area contributed by atoms with Crippen molar-refractivity contribution in [3.05, 3.63) is 86.9 Å². The molecule has 1 fully saturated rings. The van der Waals surface area contributed by atoms with Crippen LogP contribution in [0.15, 0.2) is 53.9 Å². The number of aryl methyl sites for hydroxylation is 2. The Balaban J connectivity index is 1.45. The number of thiophene rings is 1. The minimum Gasteiger partial charge on any atom is -0.366 e. The maximum absolute atomic E-state index is 14.9. The highest BCUT2D eigenvalue weighted by Gasteiger charge is 2.24. The van der Waals surface area contributed by atoms with Crippen molar-refractivity contribution in [1.82, 2.24) is 4.90 Å². The van der Waals surface area contributed by atoms with Crippen LogP contribution in [0.25, 0.3) is 0 Å². The molecule has 0 N–H and O–H groups in total. The summed E-state index contributed by atoms with van der Waals surface area (Å²) >= 11 is 1.43. The Morgan fingerprint density at radius 1 is 0.900 bits per heavy atom. The predicted molar refractivity (Wildman–Crippen MR) is 118 cm³/mol. The fourth-order valence-corrected chi connectivity index (χ4v) is 4.35. The molecule has 1 aromatic heterocycles. The number of nitrogens with zero attached hydrogens (tertiary/aromatic N) is 2. The first-order valence-electron chi connectivity index (χ1n) is 9.93. The Hall–Kier alpha value is -2.99. The van der Waals surface area contributed by atoms with E-state index in [-0.39, 0.29) is 11.7 Å². The highest BCUT2D eigenvalue weighted by Crippen LogP contribution is 2.24. The van der Waals surface area contributed by atoms with Gasteiger partial charge in [0.15, 0.2) is 5.78 Å². The van der Waals surface area contributed by atoms with Crippen molar-refractivity contribution >= 4 is 28.7 Å². The van der Waals surface area contributed by atoms with E-state index in [0.29, 0.717) is 43.0 Å². The lowest BCUT2D eigenvalue weighted by molar-refractivity contribution is 0.0751. The molecule has 0 saturated carbocycles. The van der Waals surface area contributed by atoms with Gasteiger partial charge < -0.3 is 9.80 Å². The van der Waals surface area contributed by atoms with Crippen LogP contribution in [0.2, 0.25) is 0 Å². The van der Waals surface area contributed by atoms with Gasteiger partial charge in [-0.3, -0.25) is 9.59 Å². The summed E-state index contributed by atoms with van der Waals surface area (Å²) in [4.78, 5) is 29.7. The number of hydrogen-bond acceptors (Lipinski definition) is 4. The van der Waals surface area contributed by atoms with Gasteiger partial charge in [-0.25, -0.2) is 4.39 Å². The van der Waals surface area contributed by atoms with E-state index in [1.54, 1.807) is 23.1 Å². The Kier molecular flexibility index (Phi) is 5.68. The Bertz CT molecular complexity index is 1090. The Morgan fingerprint density at radius 2 is 1.60 bits per heavy atom. The van der Waals surface area contributed by atoms with Gasteiger partial charge in [0.25, 0.3) is 5.91 Å².